The summed E-state index contributed by atoms with van der Waals surface area (Å²) in [7, 11) is 0. The maximum absolute atomic E-state index is 5.18. The zero-order valence-electron chi connectivity index (χ0n) is 23.0. The lowest BCUT2D eigenvalue weighted by molar-refractivity contribution is 1.19. The Morgan fingerprint density at radius 2 is 1.23 bits per heavy atom. The molecule has 5 heteroatoms. The van der Waals surface area contributed by atoms with Gasteiger partial charge in [-0.2, -0.15) is 0 Å². The first-order valence-corrected chi connectivity index (χ1v) is 14.3. The topological polar surface area (TPSA) is 56.0 Å². The van der Waals surface area contributed by atoms with Gasteiger partial charge in [-0.1, -0.05) is 97.1 Å². The van der Waals surface area contributed by atoms with E-state index in [4.69, 9.17) is 15.0 Å². The third kappa shape index (κ3) is 3.79. The molecule has 5 nitrogen and oxygen atoms in total. The first kappa shape index (κ1) is 23.7. The third-order valence-electron chi connectivity index (χ3n) is 8.24. The molecule has 9 aromatic rings. The Labute approximate surface area is 246 Å². The molecule has 9 rings (SSSR count). The number of imidazole rings is 1. The minimum absolute atomic E-state index is 0.866. The Balaban J connectivity index is 1.13. The highest BCUT2D eigenvalue weighted by Gasteiger charge is 2.15. The predicted octanol–water partition coefficient (Wildman–Crippen LogP) is 9.13. The van der Waals surface area contributed by atoms with Gasteiger partial charge in [0.05, 0.1) is 22.4 Å². The molecule has 0 aliphatic rings. The number of aromatic nitrogens is 5. The van der Waals surface area contributed by atoms with Gasteiger partial charge in [0.15, 0.2) is 5.65 Å². The second-order valence-electron chi connectivity index (χ2n) is 10.8. The molecule has 0 N–H and O–H groups in total. The Morgan fingerprint density at radius 3 is 2.14 bits per heavy atom. The third-order valence-corrected chi connectivity index (χ3v) is 8.24. The maximum Gasteiger partial charge on any atom is 0.165 e. The molecule has 43 heavy (non-hydrogen) atoms. The van der Waals surface area contributed by atoms with Crippen molar-refractivity contribution in [3.05, 3.63) is 140 Å². The number of benzene rings is 4. The summed E-state index contributed by atoms with van der Waals surface area (Å²) in [6.45, 7) is 0. The smallest absolute Gasteiger partial charge is 0.165 e. The summed E-state index contributed by atoms with van der Waals surface area (Å²) in [6, 6.07) is 44.2. The molecule has 0 bridgehead atoms. The zero-order chi connectivity index (χ0) is 28.3. The van der Waals surface area contributed by atoms with Gasteiger partial charge in [-0.25, -0.2) is 15.0 Å². The van der Waals surface area contributed by atoms with E-state index in [0.717, 1.165) is 83.0 Å². The standard InChI is InChI=1S/C38H23N5/c1-2-11-31-30(10-1)34(42-38-37(31)41-33-12-3-4-22-43(33)38)29-8-5-7-28(23-29)24-13-15-25(16-14-24)32-20-19-27-18-17-26-9-6-21-39-35(26)36(27)40-32/h1-23H. The number of hydrogen-bond acceptors (Lipinski definition) is 4. The number of fused-ring (bicyclic) bond motifs is 8. The van der Waals surface area contributed by atoms with E-state index in [2.05, 4.69) is 113 Å². The van der Waals surface area contributed by atoms with Crippen LogP contribution in [-0.2, 0) is 0 Å². The average molecular weight is 550 g/mol. The van der Waals surface area contributed by atoms with Crippen molar-refractivity contribution >= 4 is 49.4 Å². The van der Waals surface area contributed by atoms with Crippen molar-refractivity contribution in [3.8, 4) is 33.6 Å². The summed E-state index contributed by atoms with van der Waals surface area (Å²) in [5, 5.41) is 4.38. The Morgan fingerprint density at radius 1 is 0.465 bits per heavy atom. The van der Waals surface area contributed by atoms with Crippen LogP contribution in [0, 0.1) is 0 Å². The van der Waals surface area contributed by atoms with Crippen molar-refractivity contribution in [2.75, 3.05) is 0 Å². The molecular weight excluding hydrogens is 526 g/mol. The lowest BCUT2D eigenvalue weighted by Gasteiger charge is -2.10. The summed E-state index contributed by atoms with van der Waals surface area (Å²) >= 11 is 0. The van der Waals surface area contributed by atoms with Crippen LogP contribution in [0.3, 0.4) is 0 Å². The Kier molecular flexibility index (Phi) is 5.13. The summed E-state index contributed by atoms with van der Waals surface area (Å²) < 4.78 is 2.06. The van der Waals surface area contributed by atoms with Gasteiger partial charge < -0.3 is 0 Å². The average Bonchev–Trinajstić information content (AvgIpc) is 3.47. The van der Waals surface area contributed by atoms with Crippen molar-refractivity contribution in [2.45, 2.75) is 0 Å². The minimum atomic E-state index is 0.866. The molecule has 0 atom stereocenters. The van der Waals surface area contributed by atoms with Crippen LogP contribution in [0.15, 0.2) is 140 Å². The second kappa shape index (κ2) is 9.29. The van der Waals surface area contributed by atoms with Crippen LogP contribution in [0.4, 0.5) is 0 Å². The number of rotatable bonds is 3. The highest BCUT2D eigenvalue weighted by Crippen LogP contribution is 2.35. The molecule has 0 radical (unpaired) electrons. The Hall–Kier alpha value is -5.94. The van der Waals surface area contributed by atoms with E-state index in [-0.39, 0.29) is 0 Å². The van der Waals surface area contributed by atoms with Crippen molar-refractivity contribution < 1.29 is 0 Å². The normalized spacial score (nSPS) is 11.7. The molecule has 0 fully saturated rings. The molecular formula is C38H23N5. The molecule has 200 valence electrons. The van der Waals surface area contributed by atoms with Gasteiger partial charge in [-0.05, 0) is 41.5 Å². The first-order valence-electron chi connectivity index (χ1n) is 14.3. The van der Waals surface area contributed by atoms with Gasteiger partial charge in [-0.3, -0.25) is 9.38 Å². The second-order valence-corrected chi connectivity index (χ2v) is 10.8. The SMILES string of the molecule is c1cc(-c2ccc(-c3ccc4ccc5cccnc5c4n3)cc2)cc(-c2nc3c(nc4ccccn43)c3ccccc23)c1. The van der Waals surface area contributed by atoms with Crippen LogP contribution in [-0.4, -0.2) is 24.3 Å². The molecule has 0 unspecified atom stereocenters. The highest BCUT2D eigenvalue weighted by atomic mass is 15.1. The van der Waals surface area contributed by atoms with E-state index in [1.54, 1.807) is 0 Å². The molecule has 0 saturated carbocycles. The fraction of sp³-hybridized carbons (Fsp3) is 0. The fourth-order valence-corrected chi connectivity index (χ4v) is 6.12. The molecule has 4 aromatic carbocycles. The van der Waals surface area contributed by atoms with Crippen molar-refractivity contribution in [1.29, 1.82) is 0 Å². The van der Waals surface area contributed by atoms with Crippen LogP contribution in [0.1, 0.15) is 0 Å². The van der Waals surface area contributed by atoms with Gasteiger partial charge in [-0.15, -0.1) is 0 Å². The fourth-order valence-electron chi connectivity index (χ4n) is 6.12. The Bertz CT molecular complexity index is 2510. The summed E-state index contributed by atoms with van der Waals surface area (Å²) in [6.07, 6.45) is 3.85. The maximum atomic E-state index is 5.18. The number of pyridine rings is 4. The van der Waals surface area contributed by atoms with Crippen LogP contribution < -0.4 is 0 Å². The summed E-state index contributed by atoms with van der Waals surface area (Å²) in [5.41, 5.74) is 10.8. The molecule has 0 amide bonds. The largest absolute Gasteiger partial charge is 0.284 e. The van der Waals surface area contributed by atoms with Crippen molar-refractivity contribution in [3.63, 3.8) is 0 Å². The number of nitrogens with zero attached hydrogens (tertiary/aromatic N) is 5. The van der Waals surface area contributed by atoms with E-state index in [1.165, 1.54) is 0 Å². The van der Waals surface area contributed by atoms with Gasteiger partial charge in [0.1, 0.15) is 11.2 Å². The van der Waals surface area contributed by atoms with Crippen molar-refractivity contribution in [1.82, 2.24) is 24.3 Å². The quantitative estimate of drug-likeness (QED) is 0.206. The van der Waals surface area contributed by atoms with E-state index in [9.17, 15) is 0 Å². The van der Waals surface area contributed by atoms with E-state index in [1.807, 2.05) is 36.7 Å². The predicted molar refractivity (Wildman–Crippen MR) is 175 cm³/mol. The summed E-state index contributed by atoms with van der Waals surface area (Å²) in [5.74, 6) is 0. The zero-order valence-corrected chi connectivity index (χ0v) is 23.0. The number of hydrogen-bond donors (Lipinski definition) is 0. The molecule has 0 aliphatic carbocycles. The van der Waals surface area contributed by atoms with Gasteiger partial charge >= 0.3 is 0 Å². The van der Waals surface area contributed by atoms with Crippen LogP contribution in [0.5, 0.6) is 0 Å². The highest BCUT2D eigenvalue weighted by molar-refractivity contribution is 6.09. The molecule has 0 spiro atoms. The monoisotopic (exact) mass is 549 g/mol. The van der Waals surface area contributed by atoms with Gasteiger partial charge in [0.2, 0.25) is 0 Å². The van der Waals surface area contributed by atoms with E-state index in [0.29, 0.717) is 0 Å². The van der Waals surface area contributed by atoms with E-state index < -0.39 is 0 Å². The van der Waals surface area contributed by atoms with Crippen molar-refractivity contribution in [2.24, 2.45) is 0 Å². The molecule has 0 aliphatic heterocycles. The van der Waals surface area contributed by atoms with Crippen LogP contribution in [0.2, 0.25) is 0 Å². The van der Waals surface area contributed by atoms with Gasteiger partial charge in [0.25, 0.3) is 0 Å². The molecule has 0 saturated heterocycles. The lowest BCUT2D eigenvalue weighted by atomic mass is 9.97. The molecule has 5 heterocycles. The first-order chi connectivity index (χ1) is 21.3. The summed E-state index contributed by atoms with van der Waals surface area (Å²) in [4.78, 5) is 19.7. The van der Waals surface area contributed by atoms with E-state index >= 15 is 0 Å². The minimum Gasteiger partial charge on any atom is -0.284 e. The molecule has 5 aromatic heterocycles. The van der Waals surface area contributed by atoms with Crippen LogP contribution in [0.25, 0.3) is 83.0 Å². The van der Waals surface area contributed by atoms with Crippen LogP contribution >= 0.6 is 0 Å². The lowest BCUT2D eigenvalue weighted by Crippen LogP contribution is -1.92. The van der Waals surface area contributed by atoms with Gasteiger partial charge in [0, 0.05) is 45.1 Å².